The molecule has 0 fully saturated rings. The number of carbonyl (C=O) groups excluding carboxylic acids is 1. The highest BCUT2D eigenvalue weighted by Crippen LogP contribution is 2.26. The molecule has 5 heteroatoms. The Morgan fingerprint density at radius 2 is 1.83 bits per heavy atom. The van der Waals surface area contributed by atoms with E-state index in [2.05, 4.69) is 5.32 Å². The van der Waals surface area contributed by atoms with Gasteiger partial charge in [-0.1, -0.05) is 35.9 Å². The van der Waals surface area contributed by atoms with Gasteiger partial charge in [-0.15, -0.1) is 0 Å². The van der Waals surface area contributed by atoms with Crippen LogP contribution in [0.1, 0.15) is 16.8 Å². The number of nitrogens with zero attached hydrogens (tertiary/aromatic N) is 2. The molecule has 0 aliphatic carbocycles. The van der Waals surface area contributed by atoms with Crippen molar-refractivity contribution >= 4 is 23.3 Å². The normalized spacial score (nSPS) is 11.2. The molecule has 0 aliphatic heterocycles. The van der Waals surface area contributed by atoms with Crippen LogP contribution in [0.25, 0.3) is 23.0 Å². The molecule has 144 valence electrons. The largest absolute Gasteiger partial charge is 0.508 e. The van der Waals surface area contributed by atoms with Crippen LogP contribution >= 0.6 is 0 Å². The number of anilines is 1. The van der Waals surface area contributed by atoms with Gasteiger partial charge in [0.2, 0.25) is 5.91 Å². The Labute approximate surface area is 169 Å². The van der Waals surface area contributed by atoms with E-state index < -0.39 is 0 Å². The molecule has 29 heavy (non-hydrogen) atoms. The van der Waals surface area contributed by atoms with Crippen LogP contribution in [-0.2, 0) is 4.79 Å². The Hall–Kier alpha value is -3.86. The van der Waals surface area contributed by atoms with Gasteiger partial charge >= 0.3 is 0 Å². The molecule has 1 amide bonds. The summed E-state index contributed by atoms with van der Waals surface area (Å²) in [6, 6.07) is 18.7. The number of carbonyl (C=O) groups is 1. The molecule has 2 N–H and O–H groups in total. The van der Waals surface area contributed by atoms with Gasteiger partial charge in [0.1, 0.15) is 11.4 Å². The van der Waals surface area contributed by atoms with E-state index in [1.54, 1.807) is 24.3 Å². The lowest BCUT2D eigenvalue weighted by Gasteiger charge is -2.04. The Morgan fingerprint density at radius 3 is 2.59 bits per heavy atom. The number of aromatic nitrogens is 2. The number of pyridine rings is 1. The fourth-order valence-corrected chi connectivity index (χ4v) is 3.17. The van der Waals surface area contributed by atoms with Crippen molar-refractivity contribution in [2.45, 2.75) is 13.8 Å². The molecule has 4 rings (SSSR count). The van der Waals surface area contributed by atoms with Crippen molar-refractivity contribution in [1.29, 1.82) is 0 Å². The van der Waals surface area contributed by atoms with Crippen molar-refractivity contribution in [2.75, 3.05) is 5.32 Å². The fourth-order valence-electron chi connectivity index (χ4n) is 3.17. The van der Waals surface area contributed by atoms with Crippen LogP contribution in [0.15, 0.2) is 72.9 Å². The highest BCUT2D eigenvalue weighted by Gasteiger charge is 2.12. The minimum Gasteiger partial charge on any atom is -0.508 e. The SMILES string of the molecule is Cc1ccc(-c2nc3cc(C)ccn3c2/C=C/C(=O)Nc2cccc(O)c2)cc1. The summed E-state index contributed by atoms with van der Waals surface area (Å²) in [5.74, 6) is -0.182. The summed E-state index contributed by atoms with van der Waals surface area (Å²) < 4.78 is 1.97. The van der Waals surface area contributed by atoms with Gasteiger partial charge in [-0.25, -0.2) is 4.98 Å². The molecule has 0 spiro atoms. The van der Waals surface area contributed by atoms with Gasteiger partial charge in [-0.3, -0.25) is 9.20 Å². The molecule has 5 nitrogen and oxygen atoms in total. The molecule has 0 bridgehead atoms. The van der Waals surface area contributed by atoms with E-state index in [4.69, 9.17) is 4.98 Å². The first-order chi connectivity index (χ1) is 14.0. The van der Waals surface area contributed by atoms with Crippen molar-refractivity contribution in [3.05, 3.63) is 89.8 Å². The number of aryl methyl sites for hydroxylation is 2. The van der Waals surface area contributed by atoms with Crippen molar-refractivity contribution < 1.29 is 9.90 Å². The molecular formula is C24H21N3O2. The molecule has 0 unspecified atom stereocenters. The lowest BCUT2D eigenvalue weighted by atomic mass is 10.1. The van der Waals surface area contributed by atoms with E-state index in [-0.39, 0.29) is 11.7 Å². The lowest BCUT2D eigenvalue weighted by molar-refractivity contribution is -0.111. The number of phenols is 1. The molecule has 0 saturated heterocycles. The average Bonchev–Trinajstić information content (AvgIpc) is 3.04. The highest BCUT2D eigenvalue weighted by atomic mass is 16.3. The molecule has 4 aromatic rings. The van der Waals surface area contributed by atoms with Gasteiger partial charge in [-0.05, 0) is 49.8 Å². The number of phenolic OH excluding ortho intramolecular Hbond substituents is 1. The van der Waals surface area contributed by atoms with Crippen LogP contribution in [-0.4, -0.2) is 20.4 Å². The van der Waals surface area contributed by atoms with E-state index in [0.717, 1.165) is 28.2 Å². The van der Waals surface area contributed by atoms with Crippen LogP contribution in [0.5, 0.6) is 5.75 Å². The van der Waals surface area contributed by atoms with Crippen molar-refractivity contribution in [1.82, 2.24) is 9.38 Å². The van der Waals surface area contributed by atoms with Gasteiger partial charge in [0.05, 0.1) is 11.4 Å². The summed E-state index contributed by atoms with van der Waals surface area (Å²) in [5, 5.41) is 12.3. The topological polar surface area (TPSA) is 66.6 Å². The van der Waals surface area contributed by atoms with E-state index in [1.165, 1.54) is 17.7 Å². The lowest BCUT2D eigenvalue weighted by Crippen LogP contribution is -2.07. The molecule has 0 aliphatic rings. The number of amides is 1. The van der Waals surface area contributed by atoms with Gasteiger partial charge < -0.3 is 10.4 Å². The molecule has 0 saturated carbocycles. The summed E-state index contributed by atoms with van der Waals surface area (Å²) in [7, 11) is 0. The van der Waals surface area contributed by atoms with Crippen LogP contribution in [0, 0.1) is 13.8 Å². The van der Waals surface area contributed by atoms with Gasteiger partial charge in [-0.2, -0.15) is 0 Å². The van der Waals surface area contributed by atoms with Crippen molar-refractivity contribution in [3.63, 3.8) is 0 Å². The maximum Gasteiger partial charge on any atom is 0.248 e. The number of aromatic hydroxyl groups is 1. The monoisotopic (exact) mass is 383 g/mol. The number of hydrogen-bond donors (Lipinski definition) is 2. The number of hydrogen-bond acceptors (Lipinski definition) is 3. The number of imidazole rings is 1. The predicted molar refractivity (Wildman–Crippen MR) is 116 cm³/mol. The second-order valence-electron chi connectivity index (χ2n) is 7.02. The summed E-state index contributed by atoms with van der Waals surface area (Å²) >= 11 is 0. The maximum atomic E-state index is 12.4. The van der Waals surface area contributed by atoms with Gasteiger partial charge in [0.15, 0.2) is 0 Å². The number of fused-ring (bicyclic) bond motifs is 1. The Morgan fingerprint density at radius 1 is 1.03 bits per heavy atom. The Balaban J connectivity index is 1.71. The molecule has 2 heterocycles. The standard InChI is InChI=1S/C24H21N3O2/c1-16-6-8-18(9-7-16)24-21(27-13-12-17(2)14-22(27)26-24)10-11-23(29)25-19-4-3-5-20(28)15-19/h3-15,28H,1-2H3,(H,25,29)/b11-10+. The van der Waals surface area contributed by atoms with Crippen LogP contribution in [0.2, 0.25) is 0 Å². The molecule has 2 aromatic heterocycles. The van der Waals surface area contributed by atoms with E-state index in [1.807, 2.05) is 60.8 Å². The third-order valence-electron chi connectivity index (χ3n) is 4.65. The second kappa shape index (κ2) is 7.64. The first-order valence-corrected chi connectivity index (χ1v) is 9.33. The van der Waals surface area contributed by atoms with E-state index in [0.29, 0.717) is 5.69 Å². The molecule has 2 aromatic carbocycles. The molecular weight excluding hydrogens is 362 g/mol. The van der Waals surface area contributed by atoms with Crippen molar-refractivity contribution in [2.24, 2.45) is 0 Å². The zero-order valence-electron chi connectivity index (χ0n) is 16.3. The first-order valence-electron chi connectivity index (χ1n) is 9.33. The Bertz CT molecular complexity index is 1220. The zero-order valence-corrected chi connectivity index (χ0v) is 16.3. The second-order valence-corrected chi connectivity index (χ2v) is 7.02. The molecule has 0 radical (unpaired) electrons. The maximum absolute atomic E-state index is 12.4. The first kappa shape index (κ1) is 18.5. The summed E-state index contributed by atoms with van der Waals surface area (Å²) in [5.41, 5.74) is 6.30. The minimum atomic E-state index is -0.285. The van der Waals surface area contributed by atoms with Crippen LogP contribution in [0.3, 0.4) is 0 Å². The van der Waals surface area contributed by atoms with Crippen LogP contribution < -0.4 is 5.32 Å². The van der Waals surface area contributed by atoms with Gasteiger partial charge in [0, 0.05) is 29.6 Å². The average molecular weight is 383 g/mol. The van der Waals surface area contributed by atoms with E-state index >= 15 is 0 Å². The zero-order chi connectivity index (χ0) is 20.4. The third kappa shape index (κ3) is 4.04. The smallest absolute Gasteiger partial charge is 0.248 e. The number of nitrogens with one attached hydrogen (secondary N) is 1. The summed E-state index contributed by atoms with van der Waals surface area (Å²) in [6.07, 6.45) is 5.20. The van der Waals surface area contributed by atoms with Crippen molar-refractivity contribution in [3.8, 4) is 17.0 Å². The van der Waals surface area contributed by atoms with Crippen LogP contribution in [0.4, 0.5) is 5.69 Å². The number of rotatable bonds is 4. The molecule has 0 atom stereocenters. The fraction of sp³-hybridized carbons (Fsp3) is 0.0833. The predicted octanol–water partition coefficient (Wildman–Crippen LogP) is 4.98. The third-order valence-corrected chi connectivity index (χ3v) is 4.65. The Kier molecular flexibility index (Phi) is 4.87. The summed E-state index contributed by atoms with van der Waals surface area (Å²) in [6.45, 7) is 4.07. The summed E-state index contributed by atoms with van der Waals surface area (Å²) in [4.78, 5) is 17.2. The number of benzene rings is 2. The van der Waals surface area contributed by atoms with Gasteiger partial charge in [0.25, 0.3) is 0 Å². The quantitative estimate of drug-likeness (QED) is 0.489. The van der Waals surface area contributed by atoms with E-state index in [9.17, 15) is 9.90 Å². The highest BCUT2D eigenvalue weighted by molar-refractivity contribution is 6.02. The minimum absolute atomic E-state index is 0.102.